The number of hydrogen-bond acceptors (Lipinski definition) is 4. The molecular formula is C65H39N5O. The van der Waals surface area contributed by atoms with Crippen LogP contribution in [0.5, 0.6) is 0 Å². The van der Waals surface area contributed by atoms with E-state index in [2.05, 4.69) is 240 Å². The molecule has 15 rings (SSSR count). The van der Waals surface area contributed by atoms with E-state index in [0.29, 0.717) is 17.5 Å². The van der Waals surface area contributed by atoms with Crippen LogP contribution in [0, 0.1) is 0 Å². The highest BCUT2D eigenvalue weighted by Gasteiger charge is 2.24. The zero-order chi connectivity index (χ0) is 46.6. The average Bonchev–Trinajstić information content (AvgIpc) is 4.09. The molecule has 0 aliphatic carbocycles. The van der Waals surface area contributed by atoms with E-state index in [-0.39, 0.29) is 0 Å². The lowest BCUT2D eigenvalue weighted by atomic mass is 10.0. The van der Waals surface area contributed by atoms with E-state index < -0.39 is 0 Å². The van der Waals surface area contributed by atoms with Crippen LogP contribution in [0.2, 0.25) is 0 Å². The molecule has 0 spiro atoms. The predicted octanol–water partition coefficient (Wildman–Crippen LogP) is 16.9. The molecule has 71 heavy (non-hydrogen) atoms. The van der Waals surface area contributed by atoms with Gasteiger partial charge in [0.2, 0.25) is 0 Å². The average molecular weight is 906 g/mol. The molecule has 0 radical (unpaired) electrons. The first kappa shape index (κ1) is 39.4. The number of nitrogens with zero attached hydrogens (tertiary/aromatic N) is 5. The smallest absolute Gasteiger partial charge is 0.166 e. The van der Waals surface area contributed by atoms with Crippen molar-refractivity contribution in [2.45, 2.75) is 0 Å². The van der Waals surface area contributed by atoms with Gasteiger partial charge in [-0.2, -0.15) is 0 Å². The van der Waals surface area contributed by atoms with Gasteiger partial charge in [0.25, 0.3) is 0 Å². The minimum atomic E-state index is 0.558. The lowest BCUT2D eigenvalue weighted by Crippen LogP contribution is -2.04. The molecule has 11 aromatic carbocycles. The van der Waals surface area contributed by atoms with Crippen LogP contribution < -0.4 is 0 Å². The first-order valence-electron chi connectivity index (χ1n) is 24.0. The summed E-state index contributed by atoms with van der Waals surface area (Å²) >= 11 is 0. The summed E-state index contributed by atoms with van der Waals surface area (Å²) in [5, 5.41) is 11.3. The van der Waals surface area contributed by atoms with E-state index in [9.17, 15) is 0 Å². The molecule has 0 aliphatic rings. The monoisotopic (exact) mass is 905 g/mol. The number of hydrogen-bond donors (Lipinski definition) is 0. The highest BCUT2D eigenvalue weighted by Crippen LogP contribution is 2.44. The summed E-state index contributed by atoms with van der Waals surface area (Å²) in [5.74, 6) is 1.72. The van der Waals surface area contributed by atoms with Gasteiger partial charge in [-0.25, -0.2) is 15.0 Å². The largest absolute Gasteiger partial charge is 0.456 e. The van der Waals surface area contributed by atoms with Crippen molar-refractivity contribution in [3.05, 3.63) is 237 Å². The van der Waals surface area contributed by atoms with Crippen molar-refractivity contribution in [1.82, 2.24) is 24.1 Å². The van der Waals surface area contributed by atoms with E-state index in [0.717, 1.165) is 116 Å². The van der Waals surface area contributed by atoms with Gasteiger partial charge < -0.3 is 13.6 Å². The van der Waals surface area contributed by atoms with Crippen LogP contribution in [-0.4, -0.2) is 24.1 Å². The Morgan fingerprint density at radius 3 is 1.61 bits per heavy atom. The highest BCUT2D eigenvalue weighted by molar-refractivity contribution is 6.20. The standard InChI is InChI=1S/C65H39N5O/c1-3-15-40(16-4-1)41-27-29-43(30-28-41)63-66-64(46-31-33-57-51(36-46)49-23-11-13-25-55(49)69(57)47-20-5-2-6-21-47)68-65(67-63)53-38-54-61(71-60-34-32-42-17-9-10-22-48(42)62(54)60)39-59(53)70-56-26-14-12-24-50(56)52-35-44-18-7-8-19-45(44)37-58(52)70/h1-39H. The maximum atomic E-state index is 6.86. The fourth-order valence-electron chi connectivity index (χ4n) is 11.0. The van der Waals surface area contributed by atoms with Gasteiger partial charge >= 0.3 is 0 Å². The van der Waals surface area contributed by atoms with Gasteiger partial charge in [0.15, 0.2) is 17.5 Å². The maximum absolute atomic E-state index is 6.86. The van der Waals surface area contributed by atoms with Crippen LogP contribution in [0.3, 0.4) is 0 Å². The third-order valence-electron chi connectivity index (χ3n) is 14.3. The Hall–Kier alpha value is -9.65. The third kappa shape index (κ3) is 6.18. The van der Waals surface area contributed by atoms with Crippen LogP contribution in [0.15, 0.2) is 241 Å². The fourth-order valence-corrected chi connectivity index (χ4v) is 11.0. The minimum Gasteiger partial charge on any atom is -0.456 e. The molecule has 15 aromatic rings. The van der Waals surface area contributed by atoms with Gasteiger partial charge in [0.05, 0.1) is 27.8 Å². The lowest BCUT2D eigenvalue weighted by molar-refractivity contribution is 0.669. The number of benzene rings is 11. The zero-order valence-electron chi connectivity index (χ0n) is 38.2. The van der Waals surface area contributed by atoms with Gasteiger partial charge in [0.1, 0.15) is 11.2 Å². The number of aromatic nitrogens is 5. The second-order valence-corrected chi connectivity index (χ2v) is 18.4. The van der Waals surface area contributed by atoms with Crippen molar-refractivity contribution < 1.29 is 4.42 Å². The van der Waals surface area contributed by atoms with Crippen LogP contribution in [0.4, 0.5) is 0 Å². The van der Waals surface area contributed by atoms with Gasteiger partial charge in [-0.05, 0) is 99.4 Å². The second-order valence-electron chi connectivity index (χ2n) is 18.4. The van der Waals surface area contributed by atoms with Gasteiger partial charge in [-0.3, -0.25) is 0 Å². The van der Waals surface area contributed by atoms with Crippen molar-refractivity contribution in [1.29, 1.82) is 0 Å². The molecule has 0 bridgehead atoms. The molecule has 0 unspecified atom stereocenters. The Labute approximate surface area is 407 Å². The van der Waals surface area contributed by atoms with Crippen molar-refractivity contribution >= 4 is 87.1 Å². The number of para-hydroxylation sites is 3. The molecule has 6 nitrogen and oxygen atoms in total. The van der Waals surface area contributed by atoms with E-state index in [1.165, 1.54) is 10.8 Å². The molecule has 330 valence electrons. The molecule has 0 saturated carbocycles. The van der Waals surface area contributed by atoms with Crippen molar-refractivity contribution in [3.8, 4) is 56.7 Å². The molecule has 4 heterocycles. The molecule has 0 fully saturated rings. The molecule has 0 amide bonds. The third-order valence-corrected chi connectivity index (χ3v) is 14.3. The topological polar surface area (TPSA) is 61.7 Å². The number of rotatable bonds is 6. The molecule has 0 saturated heterocycles. The van der Waals surface area contributed by atoms with E-state index in [1.54, 1.807) is 0 Å². The van der Waals surface area contributed by atoms with E-state index in [4.69, 9.17) is 19.4 Å². The summed E-state index contributed by atoms with van der Waals surface area (Å²) < 4.78 is 11.6. The van der Waals surface area contributed by atoms with Gasteiger partial charge in [-0.1, -0.05) is 164 Å². The number of fused-ring (bicyclic) bond motifs is 12. The van der Waals surface area contributed by atoms with Crippen LogP contribution in [-0.2, 0) is 0 Å². The molecule has 6 heteroatoms. The Kier molecular flexibility index (Phi) is 8.56. The predicted molar refractivity (Wildman–Crippen MR) is 293 cm³/mol. The molecule has 0 atom stereocenters. The first-order valence-corrected chi connectivity index (χ1v) is 24.0. The molecular weight excluding hydrogens is 867 g/mol. The maximum Gasteiger partial charge on any atom is 0.166 e. The fraction of sp³-hybridized carbons (Fsp3) is 0. The quantitative estimate of drug-likeness (QED) is 0.167. The van der Waals surface area contributed by atoms with Gasteiger partial charge in [-0.15, -0.1) is 0 Å². The summed E-state index contributed by atoms with van der Waals surface area (Å²) in [6.07, 6.45) is 0. The first-order chi connectivity index (χ1) is 35.2. The summed E-state index contributed by atoms with van der Waals surface area (Å²) in [7, 11) is 0. The van der Waals surface area contributed by atoms with Crippen molar-refractivity contribution in [2.75, 3.05) is 0 Å². The van der Waals surface area contributed by atoms with Crippen LogP contribution in [0.25, 0.3) is 144 Å². The summed E-state index contributed by atoms with van der Waals surface area (Å²) in [6.45, 7) is 0. The minimum absolute atomic E-state index is 0.558. The SMILES string of the molecule is c1ccc(-c2ccc(-c3nc(-c4ccc5c(c4)c4ccccc4n5-c4ccccc4)nc(-c4cc5c(cc4-n4c6ccccc6c6cc7ccccc7cc64)oc4ccc6ccccc6c45)n3)cc2)cc1. The Balaban J connectivity index is 1.04. The molecule has 4 aromatic heterocycles. The highest BCUT2D eigenvalue weighted by atomic mass is 16.3. The zero-order valence-corrected chi connectivity index (χ0v) is 38.2. The Bertz CT molecular complexity index is 4620. The Morgan fingerprint density at radius 1 is 0.296 bits per heavy atom. The summed E-state index contributed by atoms with van der Waals surface area (Å²) in [4.78, 5) is 16.4. The van der Waals surface area contributed by atoms with E-state index >= 15 is 0 Å². The molecule has 0 N–H and O–H groups in total. The lowest BCUT2D eigenvalue weighted by Gasteiger charge is -2.15. The van der Waals surface area contributed by atoms with Crippen molar-refractivity contribution in [3.63, 3.8) is 0 Å². The summed E-state index contributed by atoms with van der Waals surface area (Å²) in [6, 6.07) is 83.9. The molecule has 0 aliphatic heterocycles. The van der Waals surface area contributed by atoms with E-state index in [1.807, 2.05) is 6.07 Å². The van der Waals surface area contributed by atoms with Crippen LogP contribution >= 0.6 is 0 Å². The normalized spacial score (nSPS) is 11.9. The second kappa shape index (κ2) is 15.4. The van der Waals surface area contributed by atoms with Gasteiger partial charge in [0, 0.05) is 60.8 Å². The van der Waals surface area contributed by atoms with Crippen LogP contribution in [0.1, 0.15) is 0 Å². The Morgan fingerprint density at radius 2 is 0.845 bits per heavy atom. The number of furan rings is 1. The summed E-state index contributed by atoms with van der Waals surface area (Å²) in [5.41, 5.74) is 12.9. The van der Waals surface area contributed by atoms with Crippen molar-refractivity contribution in [2.24, 2.45) is 0 Å².